The molecule has 12 nitrogen and oxygen atoms in total. The third-order valence-electron chi connectivity index (χ3n) is 8.25. The lowest BCUT2D eigenvalue weighted by atomic mass is 9.92. The van der Waals surface area contributed by atoms with Crippen molar-refractivity contribution in [3.63, 3.8) is 0 Å². The van der Waals surface area contributed by atoms with Crippen molar-refractivity contribution in [2.45, 2.75) is 24.0 Å². The zero-order chi connectivity index (χ0) is 31.5. The number of H-pyrrole nitrogens is 1. The van der Waals surface area contributed by atoms with Gasteiger partial charge in [0.05, 0.1) is 19.8 Å². The van der Waals surface area contributed by atoms with Gasteiger partial charge in [-0.05, 0) is 38.4 Å². The monoisotopic (exact) mass is 629 g/mol. The molecule has 0 saturated carbocycles. The van der Waals surface area contributed by atoms with Crippen LogP contribution in [-0.2, 0) is 23.3 Å². The number of aromatic nitrogens is 2. The number of hydrogen-bond donors (Lipinski definition) is 3. The molecule has 5 aromatic rings. The molecule has 1 aromatic heterocycles. The van der Waals surface area contributed by atoms with E-state index in [2.05, 4.69) is 28.2 Å². The Morgan fingerprint density at radius 2 is 1.84 bits per heavy atom. The largest absolute Gasteiger partial charge is 0.381 e. The molecular formula is C32H28N3O9P. The van der Waals surface area contributed by atoms with Gasteiger partial charge < -0.3 is 24.4 Å². The highest BCUT2D eigenvalue weighted by Gasteiger charge is 2.64. The van der Waals surface area contributed by atoms with E-state index in [1.807, 2.05) is 42.5 Å². The van der Waals surface area contributed by atoms with E-state index in [-0.39, 0.29) is 31.2 Å². The molecule has 2 saturated heterocycles. The molecule has 2 unspecified atom stereocenters. The van der Waals surface area contributed by atoms with Crippen molar-refractivity contribution in [1.29, 1.82) is 0 Å². The molecule has 3 heterocycles. The van der Waals surface area contributed by atoms with Crippen LogP contribution in [0.1, 0.15) is 22.1 Å². The lowest BCUT2D eigenvalue weighted by molar-refractivity contribution is -0.190. The smallest absolute Gasteiger partial charge is 0.330 e. The first kappa shape index (κ1) is 29.4. The molecule has 2 bridgehead atoms. The molecule has 3 N–H and O–H groups in total. The summed E-state index contributed by atoms with van der Waals surface area (Å²) in [5, 5.41) is 8.97. The molecule has 5 atom stereocenters. The zero-order valence-electron chi connectivity index (χ0n) is 24.2. The molecule has 7 rings (SSSR count). The normalized spacial score (nSPS) is 23.8. The lowest BCUT2D eigenvalue weighted by Gasteiger charge is -2.31. The number of nitrogens with one attached hydrogen (secondary N) is 2. The van der Waals surface area contributed by atoms with Gasteiger partial charge in [-0.25, -0.2) is 4.79 Å². The summed E-state index contributed by atoms with van der Waals surface area (Å²) < 4.78 is 35.8. The predicted octanol–water partition coefficient (Wildman–Crippen LogP) is 2.73. The average molecular weight is 630 g/mol. The van der Waals surface area contributed by atoms with Crippen LogP contribution in [0.5, 0.6) is 0 Å². The van der Waals surface area contributed by atoms with E-state index in [1.165, 1.54) is 13.3 Å². The predicted molar refractivity (Wildman–Crippen MR) is 166 cm³/mol. The molecule has 2 fully saturated rings. The van der Waals surface area contributed by atoms with E-state index in [0.29, 0.717) is 5.56 Å². The van der Waals surface area contributed by atoms with Crippen molar-refractivity contribution < 1.29 is 33.0 Å². The number of rotatable bonds is 7. The summed E-state index contributed by atoms with van der Waals surface area (Å²) >= 11 is 0. The topological polar surface area (TPSA) is 158 Å². The van der Waals surface area contributed by atoms with Gasteiger partial charge in [0.15, 0.2) is 6.23 Å². The quantitative estimate of drug-likeness (QED) is 0.140. The van der Waals surface area contributed by atoms with Crippen LogP contribution in [0.4, 0.5) is 0 Å². The van der Waals surface area contributed by atoms with Gasteiger partial charge in [-0.15, -0.1) is 0 Å². The number of nitrogens with zero attached hydrogens (tertiary/aromatic N) is 1. The highest BCUT2D eigenvalue weighted by Crippen LogP contribution is 2.52. The molecular weight excluding hydrogens is 601 g/mol. The van der Waals surface area contributed by atoms with E-state index in [1.54, 1.807) is 6.07 Å². The molecule has 230 valence electrons. The Bertz CT molecular complexity index is 2200. The van der Waals surface area contributed by atoms with Gasteiger partial charge in [0.2, 0.25) is 0 Å². The van der Waals surface area contributed by atoms with Crippen LogP contribution in [0.25, 0.3) is 32.3 Å². The number of ether oxygens (including phenoxy) is 3. The standard InChI is InChI=1S/C32H28N3O9P/c1-41-16-32-17-42-26(27(32)44-45(2,39)40)30(43-32)35-15-21(28(36)34-31(35)38)7-4-14-33-29(37)23-13-11-20-9-8-18-5-3-6-19-10-12-22(23)25(20)24(18)19/h3,5-6,8-13,15,26-27,30H,14,16-17H2,1-2H3,(H,33,37)(H,39,40)(H,34,36,38)/t26-,27?,30+,32-/m0/s1. The molecule has 1 amide bonds. The number of fused-ring (bicyclic) bond motifs is 2. The van der Waals surface area contributed by atoms with E-state index in [4.69, 9.17) is 18.7 Å². The average Bonchev–Trinajstić information content (AvgIpc) is 3.48. The summed E-state index contributed by atoms with van der Waals surface area (Å²) in [4.78, 5) is 50.8. The van der Waals surface area contributed by atoms with Crippen LogP contribution < -0.4 is 16.6 Å². The summed E-state index contributed by atoms with van der Waals surface area (Å²) in [5.41, 5.74) is -2.30. The fraction of sp³-hybridized carbons (Fsp3) is 0.281. The first-order valence-electron chi connectivity index (χ1n) is 14.1. The van der Waals surface area contributed by atoms with E-state index >= 15 is 0 Å². The van der Waals surface area contributed by atoms with Crippen LogP contribution in [0, 0.1) is 11.8 Å². The molecule has 0 aliphatic carbocycles. The van der Waals surface area contributed by atoms with Crippen molar-refractivity contribution in [3.8, 4) is 11.8 Å². The van der Waals surface area contributed by atoms with Gasteiger partial charge in [0.1, 0.15) is 23.4 Å². The Kier molecular flexibility index (Phi) is 7.13. The van der Waals surface area contributed by atoms with E-state index in [0.717, 1.165) is 43.5 Å². The van der Waals surface area contributed by atoms with Crippen molar-refractivity contribution in [1.82, 2.24) is 14.9 Å². The number of benzene rings is 4. The summed E-state index contributed by atoms with van der Waals surface area (Å²) in [5.74, 6) is 5.17. The van der Waals surface area contributed by atoms with Gasteiger partial charge in [0.25, 0.3) is 11.5 Å². The molecule has 2 aliphatic heterocycles. The molecule has 45 heavy (non-hydrogen) atoms. The van der Waals surface area contributed by atoms with Gasteiger partial charge in [-0.2, -0.15) is 0 Å². The first-order valence-corrected chi connectivity index (χ1v) is 16.2. The molecule has 0 spiro atoms. The van der Waals surface area contributed by atoms with Crippen LogP contribution in [-0.4, -0.2) is 71.7 Å². The summed E-state index contributed by atoms with van der Waals surface area (Å²) in [7, 11) is -2.53. The van der Waals surface area contributed by atoms with Crippen molar-refractivity contribution >= 4 is 45.8 Å². The maximum Gasteiger partial charge on any atom is 0.330 e. The minimum Gasteiger partial charge on any atom is -0.381 e. The Morgan fingerprint density at radius 1 is 1.13 bits per heavy atom. The lowest BCUT2D eigenvalue weighted by Crippen LogP contribution is -2.46. The van der Waals surface area contributed by atoms with Crippen molar-refractivity contribution in [3.05, 3.63) is 92.8 Å². The third-order valence-corrected chi connectivity index (χ3v) is 8.87. The van der Waals surface area contributed by atoms with Crippen LogP contribution in [0.2, 0.25) is 0 Å². The third kappa shape index (κ3) is 5.04. The van der Waals surface area contributed by atoms with E-state index < -0.39 is 42.9 Å². The Hall–Kier alpha value is -4.34. The molecule has 4 aromatic carbocycles. The minimum atomic E-state index is -3.96. The zero-order valence-corrected chi connectivity index (χ0v) is 25.1. The summed E-state index contributed by atoms with van der Waals surface area (Å²) in [6.07, 6.45) is -1.81. The highest BCUT2D eigenvalue weighted by molar-refractivity contribution is 7.51. The number of aromatic amines is 1. The molecule has 0 radical (unpaired) electrons. The Labute approximate surface area is 255 Å². The number of hydrogen-bond acceptors (Lipinski definition) is 8. The maximum absolute atomic E-state index is 13.2. The highest BCUT2D eigenvalue weighted by atomic mass is 31.2. The second-order valence-corrected chi connectivity index (χ2v) is 13.1. The molecule has 2 aliphatic rings. The van der Waals surface area contributed by atoms with Gasteiger partial charge in [-0.1, -0.05) is 60.4 Å². The first-order chi connectivity index (χ1) is 21.6. The van der Waals surface area contributed by atoms with Gasteiger partial charge in [0, 0.05) is 25.5 Å². The molecule has 13 heteroatoms. The summed E-state index contributed by atoms with van der Waals surface area (Å²) in [6.45, 7) is 0.966. The van der Waals surface area contributed by atoms with Crippen molar-refractivity contribution in [2.24, 2.45) is 0 Å². The number of amides is 1. The van der Waals surface area contributed by atoms with Gasteiger partial charge >= 0.3 is 13.3 Å². The number of carbonyl (C=O) groups excluding carboxylic acids is 1. The fourth-order valence-corrected chi connectivity index (χ4v) is 7.12. The minimum absolute atomic E-state index is 0.0171. The number of methoxy groups -OCH3 is 1. The Balaban J connectivity index is 1.13. The Morgan fingerprint density at radius 3 is 2.58 bits per heavy atom. The second-order valence-electron chi connectivity index (χ2n) is 11.3. The van der Waals surface area contributed by atoms with Gasteiger partial charge in [-0.3, -0.25) is 28.2 Å². The SMILES string of the molecule is COC[C@]12CO[C@@H](C1OP(C)(=O)O)[C@H](n1cc(C#CCNC(=O)c3ccc4ccc5cccc6ccc3c4c56)c(=O)[nH]c1=O)O2. The van der Waals surface area contributed by atoms with E-state index in [9.17, 15) is 23.8 Å². The van der Waals surface area contributed by atoms with Crippen LogP contribution >= 0.6 is 7.60 Å². The number of carbonyl (C=O) groups is 1. The van der Waals surface area contributed by atoms with Crippen LogP contribution in [0.15, 0.2) is 70.4 Å². The van der Waals surface area contributed by atoms with Crippen LogP contribution in [0.3, 0.4) is 0 Å². The fourth-order valence-electron chi connectivity index (χ4n) is 6.39. The second kappa shape index (κ2) is 10.9. The van der Waals surface area contributed by atoms with Crippen molar-refractivity contribution in [2.75, 3.05) is 33.5 Å². The maximum atomic E-state index is 13.2. The summed E-state index contributed by atoms with van der Waals surface area (Å²) in [6, 6.07) is 17.9.